The zero-order valence-corrected chi connectivity index (χ0v) is 18.8. The lowest BCUT2D eigenvalue weighted by atomic mass is 9.96. The molecule has 0 spiro atoms. The number of nitrogens with zero attached hydrogens (tertiary/aromatic N) is 3. The number of likely N-dealkylation sites (tertiary alicyclic amines) is 1. The van der Waals surface area contributed by atoms with E-state index in [1.54, 1.807) is 5.01 Å². The molecule has 1 saturated heterocycles. The SMILES string of the molecule is Cc1ccc(C2=NN(C(=O)CN3CCCCC3C)C(c3ccc(Cl)cc3)C2)cc1C. The Morgan fingerprint density at radius 1 is 1.10 bits per heavy atom. The number of amides is 1. The van der Waals surface area contributed by atoms with Crippen molar-refractivity contribution in [3.8, 4) is 0 Å². The van der Waals surface area contributed by atoms with Crippen molar-refractivity contribution in [2.24, 2.45) is 5.10 Å². The van der Waals surface area contributed by atoms with Crippen molar-refractivity contribution in [1.82, 2.24) is 9.91 Å². The number of rotatable bonds is 4. The summed E-state index contributed by atoms with van der Waals surface area (Å²) in [5.41, 5.74) is 5.64. The molecule has 1 amide bonds. The normalized spacial score (nSPS) is 22.3. The van der Waals surface area contributed by atoms with Gasteiger partial charge in [0.25, 0.3) is 5.91 Å². The second-order valence-electron chi connectivity index (χ2n) is 8.67. The Kier molecular flexibility index (Phi) is 6.26. The predicted octanol–water partition coefficient (Wildman–Crippen LogP) is 5.51. The molecule has 0 bridgehead atoms. The third-order valence-electron chi connectivity index (χ3n) is 6.54. The molecular formula is C25H30ClN3O. The van der Waals surface area contributed by atoms with E-state index in [1.165, 1.54) is 17.5 Å². The zero-order valence-electron chi connectivity index (χ0n) is 18.1. The van der Waals surface area contributed by atoms with Crippen LogP contribution < -0.4 is 0 Å². The van der Waals surface area contributed by atoms with Gasteiger partial charge in [-0.1, -0.05) is 42.3 Å². The molecule has 2 aromatic rings. The van der Waals surface area contributed by atoms with Crippen LogP contribution in [0.15, 0.2) is 47.6 Å². The second kappa shape index (κ2) is 8.91. The van der Waals surface area contributed by atoms with E-state index in [1.807, 2.05) is 24.3 Å². The Labute approximate surface area is 184 Å². The Morgan fingerprint density at radius 2 is 1.87 bits per heavy atom. The van der Waals surface area contributed by atoms with Crippen LogP contribution >= 0.6 is 11.6 Å². The number of benzene rings is 2. The molecule has 158 valence electrons. The molecule has 0 aliphatic carbocycles. The fourth-order valence-electron chi connectivity index (χ4n) is 4.42. The lowest BCUT2D eigenvalue weighted by Crippen LogP contribution is -2.44. The zero-order chi connectivity index (χ0) is 21.3. The van der Waals surface area contributed by atoms with Crippen LogP contribution in [0.2, 0.25) is 5.02 Å². The van der Waals surface area contributed by atoms with E-state index in [-0.39, 0.29) is 11.9 Å². The Hall–Kier alpha value is -2.17. The molecule has 5 heteroatoms. The van der Waals surface area contributed by atoms with Gasteiger partial charge in [-0.3, -0.25) is 9.69 Å². The van der Waals surface area contributed by atoms with E-state index in [9.17, 15) is 4.79 Å². The fourth-order valence-corrected chi connectivity index (χ4v) is 4.54. The van der Waals surface area contributed by atoms with E-state index in [0.29, 0.717) is 24.0 Å². The van der Waals surface area contributed by atoms with Gasteiger partial charge >= 0.3 is 0 Å². The number of halogens is 1. The number of hydrazone groups is 1. The van der Waals surface area contributed by atoms with Crippen molar-refractivity contribution in [2.75, 3.05) is 13.1 Å². The van der Waals surface area contributed by atoms with Crippen molar-refractivity contribution in [2.45, 2.75) is 58.5 Å². The van der Waals surface area contributed by atoms with Gasteiger partial charge < -0.3 is 0 Å². The van der Waals surface area contributed by atoms with Crippen molar-refractivity contribution >= 4 is 23.2 Å². The summed E-state index contributed by atoms with van der Waals surface area (Å²) in [4.78, 5) is 15.7. The molecule has 2 unspecified atom stereocenters. The quantitative estimate of drug-likeness (QED) is 0.650. The molecule has 1 fully saturated rings. The van der Waals surface area contributed by atoms with Crippen molar-refractivity contribution in [3.05, 3.63) is 69.7 Å². The highest BCUT2D eigenvalue weighted by molar-refractivity contribution is 6.30. The first-order chi connectivity index (χ1) is 14.4. The molecular weight excluding hydrogens is 394 g/mol. The van der Waals surface area contributed by atoms with Crippen LogP contribution in [0.1, 0.15) is 60.9 Å². The van der Waals surface area contributed by atoms with Crippen LogP contribution in [0.4, 0.5) is 0 Å². The molecule has 30 heavy (non-hydrogen) atoms. The summed E-state index contributed by atoms with van der Waals surface area (Å²) in [6, 6.07) is 14.6. The van der Waals surface area contributed by atoms with Crippen molar-refractivity contribution < 1.29 is 4.79 Å². The molecule has 0 N–H and O–H groups in total. The third kappa shape index (κ3) is 4.45. The Bertz CT molecular complexity index is 953. The molecule has 4 rings (SSSR count). The average Bonchev–Trinajstić information content (AvgIpc) is 3.18. The van der Waals surface area contributed by atoms with E-state index in [0.717, 1.165) is 36.2 Å². The fraction of sp³-hybridized carbons (Fsp3) is 0.440. The molecule has 2 heterocycles. The van der Waals surface area contributed by atoms with E-state index in [2.05, 4.69) is 43.9 Å². The first-order valence-corrected chi connectivity index (χ1v) is 11.3. The molecule has 2 aromatic carbocycles. The van der Waals surface area contributed by atoms with Gasteiger partial charge in [-0.15, -0.1) is 0 Å². The van der Waals surface area contributed by atoms with Crippen molar-refractivity contribution in [1.29, 1.82) is 0 Å². The summed E-state index contributed by atoms with van der Waals surface area (Å²) >= 11 is 6.10. The number of carbonyl (C=O) groups is 1. The van der Waals surface area contributed by atoms with E-state index >= 15 is 0 Å². The average molecular weight is 424 g/mol. The molecule has 2 atom stereocenters. The van der Waals surface area contributed by atoms with E-state index < -0.39 is 0 Å². The molecule has 0 saturated carbocycles. The highest BCUT2D eigenvalue weighted by Gasteiger charge is 2.34. The van der Waals surface area contributed by atoms with Crippen LogP contribution in [0.25, 0.3) is 0 Å². The molecule has 0 aromatic heterocycles. The van der Waals surface area contributed by atoms with Gasteiger partial charge in [0, 0.05) is 17.5 Å². The van der Waals surface area contributed by atoms with Crippen LogP contribution in [0.5, 0.6) is 0 Å². The maximum atomic E-state index is 13.4. The van der Waals surface area contributed by atoms with Gasteiger partial charge in [-0.25, -0.2) is 5.01 Å². The highest BCUT2D eigenvalue weighted by atomic mass is 35.5. The van der Waals surface area contributed by atoms with Gasteiger partial charge in [0.2, 0.25) is 0 Å². The second-order valence-corrected chi connectivity index (χ2v) is 9.11. The maximum absolute atomic E-state index is 13.4. The van der Waals surface area contributed by atoms with Gasteiger partial charge in [0.05, 0.1) is 18.3 Å². The first-order valence-electron chi connectivity index (χ1n) is 10.9. The van der Waals surface area contributed by atoms with Crippen molar-refractivity contribution in [3.63, 3.8) is 0 Å². The minimum absolute atomic E-state index is 0.0718. The monoisotopic (exact) mass is 423 g/mol. The van der Waals surface area contributed by atoms with Crippen LogP contribution in [0.3, 0.4) is 0 Å². The third-order valence-corrected chi connectivity index (χ3v) is 6.79. The lowest BCUT2D eigenvalue weighted by molar-refractivity contribution is -0.135. The van der Waals surface area contributed by atoms with Gasteiger partial charge in [-0.2, -0.15) is 5.10 Å². The molecule has 0 radical (unpaired) electrons. The summed E-state index contributed by atoms with van der Waals surface area (Å²) in [6.07, 6.45) is 4.28. The van der Waals surface area contributed by atoms with Gasteiger partial charge in [0.15, 0.2) is 0 Å². The highest BCUT2D eigenvalue weighted by Crippen LogP contribution is 2.34. The smallest absolute Gasteiger partial charge is 0.257 e. The Balaban J connectivity index is 1.62. The molecule has 2 aliphatic heterocycles. The van der Waals surface area contributed by atoms with Gasteiger partial charge in [0.1, 0.15) is 0 Å². The maximum Gasteiger partial charge on any atom is 0.257 e. The van der Waals surface area contributed by atoms with Crippen LogP contribution in [-0.4, -0.2) is 40.7 Å². The first kappa shape index (κ1) is 21.1. The number of hydrogen-bond acceptors (Lipinski definition) is 3. The number of piperidine rings is 1. The Morgan fingerprint density at radius 3 is 2.57 bits per heavy atom. The summed E-state index contributed by atoms with van der Waals surface area (Å²) < 4.78 is 0. The minimum Gasteiger partial charge on any atom is -0.292 e. The summed E-state index contributed by atoms with van der Waals surface area (Å²) in [7, 11) is 0. The molecule has 2 aliphatic rings. The summed E-state index contributed by atoms with van der Waals surface area (Å²) in [5, 5.41) is 7.26. The number of hydrogen-bond donors (Lipinski definition) is 0. The van der Waals surface area contributed by atoms with E-state index in [4.69, 9.17) is 16.7 Å². The topological polar surface area (TPSA) is 35.9 Å². The molecule has 4 nitrogen and oxygen atoms in total. The predicted molar refractivity (Wildman–Crippen MR) is 123 cm³/mol. The summed E-state index contributed by atoms with van der Waals surface area (Å²) in [6.45, 7) is 7.86. The standard InChI is InChI=1S/C25H30ClN3O/c1-17-7-8-21(14-18(17)2)23-15-24(20-9-11-22(26)12-10-20)29(27-23)25(30)16-28-13-5-4-6-19(28)3/h7-12,14,19,24H,4-6,13,15-16H2,1-3H3. The number of carbonyl (C=O) groups excluding carboxylic acids is 1. The largest absolute Gasteiger partial charge is 0.292 e. The number of aryl methyl sites for hydroxylation is 2. The summed E-state index contributed by atoms with van der Waals surface area (Å²) in [5.74, 6) is 0.0718. The van der Waals surface area contributed by atoms with Crippen LogP contribution in [-0.2, 0) is 4.79 Å². The lowest BCUT2D eigenvalue weighted by Gasteiger charge is -2.34. The minimum atomic E-state index is -0.0912. The van der Waals surface area contributed by atoms with Gasteiger partial charge in [-0.05, 0) is 80.6 Å². The van der Waals surface area contributed by atoms with Crippen LogP contribution in [0, 0.1) is 13.8 Å².